The normalized spacial score (nSPS) is 13.3. The number of rotatable bonds is 3. The minimum absolute atomic E-state index is 0.353. The van der Waals surface area contributed by atoms with Crippen molar-refractivity contribution in [3.63, 3.8) is 0 Å². The number of nitrogens with one attached hydrogen (secondary N) is 1. The van der Waals surface area contributed by atoms with Crippen LogP contribution in [0, 0.1) is 5.82 Å². The van der Waals surface area contributed by atoms with Gasteiger partial charge in [-0.2, -0.15) is 13.2 Å². The van der Waals surface area contributed by atoms with Crippen LogP contribution in [0.5, 0.6) is 0 Å². The fourth-order valence-electron chi connectivity index (χ4n) is 1.65. The number of hydrogen-bond acceptors (Lipinski definition) is 3. The van der Waals surface area contributed by atoms with E-state index >= 15 is 0 Å². The van der Waals surface area contributed by atoms with Gasteiger partial charge in [0.2, 0.25) is 0 Å². The van der Waals surface area contributed by atoms with Gasteiger partial charge in [-0.05, 0) is 38.5 Å². The average molecular weight is 337 g/mol. The Labute approximate surface area is 129 Å². The van der Waals surface area contributed by atoms with Gasteiger partial charge in [-0.3, -0.25) is 0 Å². The predicted molar refractivity (Wildman–Crippen MR) is 71.1 cm³/mol. The largest absolute Gasteiger partial charge is 0.479 e. The molecule has 0 aliphatic carbocycles. The Hall–Kier alpha value is -2.32. The Morgan fingerprint density at radius 2 is 1.78 bits per heavy atom. The lowest BCUT2D eigenvalue weighted by molar-refractivity contribution is -0.140. The molecule has 0 saturated carbocycles. The highest BCUT2D eigenvalue weighted by Gasteiger charge is 2.35. The Morgan fingerprint density at radius 1 is 1.22 bits per heavy atom. The number of carboxylic acids is 1. The standard InChI is InChI=1S/C14H15F4NO4/c1-13(2,3)23-12(22)19-10(11(20)21)7-4-5-8(9(15)6-7)14(16,17)18/h4-6,10H,1-3H3,(H,19,22)(H,20,21). The molecule has 9 heteroatoms. The molecule has 5 nitrogen and oxygen atoms in total. The fraction of sp³-hybridized carbons (Fsp3) is 0.429. The van der Waals surface area contributed by atoms with E-state index in [1.807, 2.05) is 5.32 Å². The van der Waals surface area contributed by atoms with Crippen LogP contribution in [0.4, 0.5) is 22.4 Å². The van der Waals surface area contributed by atoms with Crippen molar-refractivity contribution < 1.29 is 37.0 Å². The summed E-state index contributed by atoms with van der Waals surface area (Å²) in [6, 6.07) is -0.139. The van der Waals surface area contributed by atoms with Gasteiger partial charge in [-0.25, -0.2) is 14.0 Å². The summed E-state index contributed by atoms with van der Waals surface area (Å²) in [7, 11) is 0. The second-order valence-corrected chi connectivity index (χ2v) is 5.65. The minimum atomic E-state index is -4.90. The molecule has 0 heterocycles. The van der Waals surface area contributed by atoms with E-state index < -0.39 is 41.3 Å². The topological polar surface area (TPSA) is 75.6 Å². The third-order valence-corrected chi connectivity index (χ3v) is 2.54. The zero-order chi connectivity index (χ0) is 18.0. The van der Waals surface area contributed by atoms with Gasteiger partial charge in [0.1, 0.15) is 11.4 Å². The Bertz CT molecular complexity index is 608. The van der Waals surface area contributed by atoms with Crippen LogP contribution in [0.25, 0.3) is 0 Å². The maximum atomic E-state index is 13.5. The molecule has 1 aromatic rings. The zero-order valence-corrected chi connectivity index (χ0v) is 12.5. The number of ether oxygens (including phenoxy) is 1. The molecule has 0 aliphatic rings. The number of hydrogen-bond donors (Lipinski definition) is 2. The van der Waals surface area contributed by atoms with E-state index in [2.05, 4.69) is 0 Å². The van der Waals surface area contributed by atoms with E-state index in [0.717, 1.165) is 6.07 Å². The maximum Gasteiger partial charge on any atom is 0.419 e. The molecule has 23 heavy (non-hydrogen) atoms. The van der Waals surface area contributed by atoms with Crippen LogP contribution >= 0.6 is 0 Å². The lowest BCUT2D eigenvalue weighted by Gasteiger charge is -2.22. The first-order valence-electron chi connectivity index (χ1n) is 6.40. The van der Waals surface area contributed by atoms with E-state index in [-0.39, 0.29) is 5.56 Å². The molecule has 1 amide bonds. The van der Waals surface area contributed by atoms with E-state index in [0.29, 0.717) is 12.1 Å². The van der Waals surface area contributed by atoms with Crippen LogP contribution in [-0.4, -0.2) is 22.8 Å². The summed E-state index contributed by atoms with van der Waals surface area (Å²) >= 11 is 0. The second-order valence-electron chi connectivity index (χ2n) is 5.65. The molecule has 0 aliphatic heterocycles. The molecule has 1 atom stereocenters. The minimum Gasteiger partial charge on any atom is -0.479 e. The lowest BCUT2D eigenvalue weighted by Crippen LogP contribution is -2.38. The highest BCUT2D eigenvalue weighted by atomic mass is 19.4. The molecule has 1 rings (SSSR count). The molecule has 0 bridgehead atoms. The average Bonchev–Trinajstić information content (AvgIpc) is 2.31. The first-order chi connectivity index (χ1) is 10.3. The summed E-state index contributed by atoms with van der Waals surface area (Å²) in [6.07, 6.45) is -6.00. The number of halogens is 4. The van der Waals surface area contributed by atoms with Crippen molar-refractivity contribution in [2.45, 2.75) is 38.6 Å². The molecule has 1 aromatic carbocycles. The van der Waals surface area contributed by atoms with Gasteiger partial charge in [0, 0.05) is 0 Å². The van der Waals surface area contributed by atoms with Gasteiger partial charge in [-0.1, -0.05) is 6.07 Å². The van der Waals surface area contributed by atoms with E-state index in [1.165, 1.54) is 0 Å². The first-order valence-corrected chi connectivity index (χ1v) is 6.40. The number of alkyl carbamates (subject to hydrolysis) is 1. The number of amides is 1. The molecule has 0 aromatic heterocycles. The van der Waals surface area contributed by atoms with Gasteiger partial charge in [0.25, 0.3) is 0 Å². The van der Waals surface area contributed by atoms with Gasteiger partial charge in [0.15, 0.2) is 6.04 Å². The van der Waals surface area contributed by atoms with Crippen LogP contribution in [0.2, 0.25) is 0 Å². The van der Waals surface area contributed by atoms with Gasteiger partial charge in [0.05, 0.1) is 5.56 Å². The zero-order valence-electron chi connectivity index (χ0n) is 12.5. The van der Waals surface area contributed by atoms with Crippen LogP contribution in [0.1, 0.15) is 37.9 Å². The van der Waals surface area contributed by atoms with E-state index in [9.17, 15) is 27.2 Å². The fourth-order valence-corrected chi connectivity index (χ4v) is 1.65. The summed E-state index contributed by atoms with van der Waals surface area (Å²) in [5.74, 6) is -3.21. The molecule has 0 saturated heterocycles. The lowest BCUT2D eigenvalue weighted by atomic mass is 10.0. The highest BCUT2D eigenvalue weighted by molar-refractivity contribution is 5.81. The monoisotopic (exact) mass is 337 g/mol. The Balaban J connectivity index is 3.06. The summed E-state index contributed by atoms with van der Waals surface area (Å²) in [5, 5.41) is 11.0. The molecule has 0 radical (unpaired) electrons. The molecule has 1 unspecified atom stereocenters. The summed E-state index contributed by atoms with van der Waals surface area (Å²) in [6.45, 7) is 4.63. The number of carbonyl (C=O) groups is 2. The SMILES string of the molecule is CC(C)(C)OC(=O)NC(C(=O)O)c1ccc(C(F)(F)F)c(F)c1. The molecule has 128 valence electrons. The van der Waals surface area contributed by atoms with E-state index in [1.54, 1.807) is 20.8 Å². The van der Waals surface area contributed by atoms with Crippen molar-refractivity contribution in [2.75, 3.05) is 0 Å². The third-order valence-electron chi connectivity index (χ3n) is 2.54. The Morgan fingerprint density at radius 3 is 2.17 bits per heavy atom. The van der Waals surface area contributed by atoms with Gasteiger partial charge < -0.3 is 15.2 Å². The number of benzene rings is 1. The Kier molecular flexibility index (Phi) is 5.24. The van der Waals surface area contributed by atoms with Crippen LogP contribution in [0.3, 0.4) is 0 Å². The second kappa shape index (κ2) is 6.43. The molecule has 0 fully saturated rings. The summed E-state index contributed by atoms with van der Waals surface area (Å²) in [5.41, 5.74) is -2.78. The van der Waals surface area contributed by atoms with Gasteiger partial charge in [-0.15, -0.1) is 0 Å². The first kappa shape index (κ1) is 18.7. The van der Waals surface area contributed by atoms with Crippen molar-refractivity contribution in [2.24, 2.45) is 0 Å². The smallest absolute Gasteiger partial charge is 0.419 e. The molecule has 2 N–H and O–H groups in total. The molecular weight excluding hydrogens is 322 g/mol. The molecular formula is C14H15F4NO4. The van der Waals surface area contributed by atoms with Crippen molar-refractivity contribution in [1.82, 2.24) is 5.32 Å². The van der Waals surface area contributed by atoms with E-state index in [4.69, 9.17) is 9.84 Å². The van der Waals surface area contributed by atoms with Crippen molar-refractivity contribution in [3.8, 4) is 0 Å². The van der Waals surface area contributed by atoms with Crippen LogP contribution in [0.15, 0.2) is 18.2 Å². The van der Waals surface area contributed by atoms with Crippen molar-refractivity contribution in [3.05, 3.63) is 35.1 Å². The third kappa shape index (κ3) is 5.42. The molecule has 0 spiro atoms. The van der Waals surface area contributed by atoms with Crippen molar-refractivity contribution >= 4 is 12.1 Å². The number of carbonyl (C=O) groups excluding carboxylic acids is 1. The number of alkyl halides is 3. The van der Waals surface area contributed by atoms with Crippen LogP contribution < -0.4 is 5.32 Å². The maximum absolute atomic E-state index is 13.5. The van der Waals surface area contributed by atoms with Gasteiger partial charge >= 0.3 is 18.2 Å². The summed E-state index contributed by atoms with van der Waals surface area (Å²) in [4.78, 5) is 22.8. The highest BCUT2D eigenvalue weighted by Crippen LogP contribution is 2.32. The quantitative estimate of drug-likeness (QED) is 0.828. The number of carboxylic acid groups (broad SMARTS) is 1. The summed E-state index contributed by atoms with van der Waals surface area (Å²) < 4.78 is 55.9. The van der Waals surface area contributed by atoms with Crippen LogP contribution in [-0.2, 0) is 15.7 Å². The predicted octanol–water partition coefficient (Wildman–Crippen LogP) is 3.49. The number of aliphatic carboxylic acids is 1. The van der Waals surface area contributed by atoms with Crippen molar-refractivity contribution in [1.29, 1.82) is 0 Å².